The van der Waals surface area contributed by atoms with Crippen molar-refractivity contribution in [3.05, 3.63) is 0 Å². The number of aliphatic imine (C=N–C) groups is 1. The number of carbonyl (C=O) groups is 1. The third kappa shape index (κ3) is 9.41. The van der Waals surface area contributed by atoms with Gasteiger partial charge in [0.15, 0.2) is 5.96 Å². The number of hydrogen-bond donors (Lipinski definition) is 2. The molecule has 152 valence electrons. The van der Waals surface area contributed by atoms with E-state index in [2.05, 4.69) is 36.4 Å². The highest BCUT2D eigenvalue weighted by Crippen LogP contribution is 2.11. The predicted molar refractivity (Wildman–Crippen MR) is 109 cm³/mol. The van der Waals surface area contributed by atoms with Gasteiger partial charge in [-0.2, -0.15) is 0 Å². The molecule has 1 saturated heterocycles. The molecule has 1 atom stereocenters. The van der Waals surface area contributed by atoms with Crippen LogP contribution in [0.25, 0.3) is 0 Å². The van der Waals surface area contributed by atoms with Crippen LogP contribution in [0, 0.1) is 5.92 Å². The van der Waals surface area contributed by atoms with Crippen LogP contribution in [0.15, 0.2) is 4.99 Å². The summed E-state index contributed by atoms with van der Waals surface area (Å²) in [5.74, 6) is 1.68. The lowest BCUT2D eigenvalue weighted by molar-refractivity contribution is -0.130. The lowest BCUT2D eigenvalue weighted by Crippen LogP contribution is -2.39. The van der Waals surface area contributed by atoms with E-state index in [9.17, 15) is 4.79 Å². The minimum Gasteiger partial charge on any atom is -0.378 e. The summed E-state index contributed by atoms with van der Waals surface area (Å²) in [7, 11) is 0. The molecule has 1 amide bonds. The molecule has 6 heteroatoms. The number of nitrogens with one attached hydrogen (secondary N) is 2. The molecule has 0 aromatic heterocycles. The molecule has 1 heterocycles. The quantitative estimate of drug-likeness (QED) is 0.334. The molecule has 0 aromatic carbocycles. The second kappa shape index (κ2) is 13.8. The van der Waals surface area contributed by atoms with Crippen LogP contribution in [0.3, 0.4) is 0 Å². The highest BCUT2D eigenvalue weighted by Gasteiger charge is 2.15. The monoisotopic (exact) mass is 368 g/mol. The molecule has 2 N–H and O–H groups in total. The molecule has 1 fully saturated rings. The molecule has 0 bridgehead atoms. The molecular formula is C20H40N4O2. The molecule has 1 rings (SSSR count). The van der Waals surface area contributed by atoms with Crippen LogP contribution < -0.4 is 10.6 Å². The van der Waals surface area contributed by atoms with Crippen molar-refractivity contribution in [3.63, 3.8) is 0 Å². The fourth-order valence-electron chi connectivity index (χ4n) is 3.23. The first kappa shape index (κ1) is 22.7. The minimum absolute atomic E-state index is 0.282. The van der Waals surface area contributed by atoms with E-state index in [1.165, 1.54) is 6.42 Å². The fourth-order valence-corrected chi connectivity index (χ4v) is 3.23. The molecule has 1 unspecified atom stereocenters. The summed E-state index contributed by atoms with van der Waals surface area (Å²) in [6.07, 6.45) is 6.23. The second-order valence-electron chi connectivity index (χ2n) is 7.26. The third-order valence-electron chi connectivity index (χ3n) is 4.72. The zero-order chi connectivity index (χ0) is 19.2. The molecule has 0 aliphatic carbocycles. The second-order valence-corrected chi connectivity index (χ2v) is 7.26. The van der Waals surface area contributed by atoms with Gasteiger partial charge in [0.05, 0.1) is 6.10 Å². The molecule has 1 aliphatic heterocycles. The Morgan fingerprint density at radius 2 is 2.04 bits per heavy atom. The maximum absolute atomic E-state index is 12.0. The summed E-state index contributed by atoms with van der Waals surface area (Å²) in [5.41, 5.74) is 0. The summed E-state index contributed by atoms with van der Waals surface area (Å²) in [4.78, 5) is 18.7. The van der Waals surface area contributed by atoms with Crippen molar-refractivity contribution in [1.29, 1.82) is 0 Å². The van der Waals surface area contributed by atoms with Crippen LogP contribution in [0.1, 0.15) is 66.2 Å². The highest BCUT2D eigenvalue weighted by atomic mass is 16.5. The summed E-state index contributed by atoms with van der Waals surface area (Å²) < 4.78 is 5.79. The largest absolute Gasteiger partial charge is 0.378 e. The number of likely N-dealkylation sites (tertiary alicyclic amines) is 1. The number of carbonyl (C=O) groups excluding carboxylic acids is 1. The van der Waals surface area contributed by atoms with Gasteiger partial charge in [0.25, 0.3) is 0 Å². The Labute approximate surface area is 160 Å². The van der Waals surface area contributed by atoms with Gasteiger partial charge in [-0.1, -0.05) is 20.3 Å². The van der Waals surface area contributed by atoms with E-state index in [1.54, 1.807) is 0 Å². The van der Waals surface area contributed by atoms with Crippen LogP contribution in [0.4, 0.5) is 0 Å². The van der Waals surface area contributed by atoms with Crippen molar-refractivity contribution in [2.75, 3.05) is 39.3 Å². The van der Waals surface area contributed by atoms with Gasteiger partial charge in [-0.25, -0.2) is 0 Å². The zero-order valence-electron chi connectivity index (χ0n) is 17.4. The molecular weight excluding hydrogens is 328 g/mol. The Bertz CT molecular complexity index is 413. The lowest BCUT2D eigenvalue weighted by atomic mass is 10.0. The van der Waals surface area contributed by atoms with Crippen molar-refractivity contribution in [2.24, 2.45) is 10.9 Å². The van der Waals surface area contributed by atoms with Gasteiger partial charge in [-0.15, -0.1) is 0 Å². The highest BCUT2D eigenvalue weighted by molar-refractivity contribution is 5.79. The Balaban J connectivity index is 2.34. The first-order valence-corrected chi connectivity index (χ1v) is 10.5. The Morgan fingerprint density at radius 3 is 2.73 bits per heavy atom. The van der Waals surface area contributed by atoms with E-state index in [0.717, 1.165) is 71.0 Å². The average molecular weight is 369 g/mol. The normalized spacial score (nSPS) is 17.3. The average Bonchev–Trinajstić information content (AvgIpc) is 2.82. The van der Waals surface area contributed by atoms with Crippen LogP contribution in [0.2, 0.25) is 0 Å². The van der Waals surface area contributed by atoms with E-state index in [-0.39, 0.29) is 6.10 Å². The van der Waals surface area contributed by atoms with E-state index >= 15 is 0 Å². The molecule has 26 heavy (non-hydrogen) atoms. The Kier molecular flexibility index (Phi) is 12.1. The minimum atomic E-state index is 0.282. The van der Waals surface area contributed by atoms with Crippen molar-refractivity contribution >= 4 is 11.9 Å². The standard InChI is InChI=1S/C20H40N4O2/c1-5-21-20(23-14-12-18(17(3)4)26-6-2)22-13-10-16-24-15-9-7-8-11-19(24)25/h17-18H,5-16H2,1-4H3,(H2,21,22,23). The zero-order valence-corrected chi connectivity index (χ0v) is 17.4. The van der Waals surface area contributed by atoms with Crippen molar-refractivity contribution in [3.8, 4) is 0 Å². The third-order valence-corrected chi connectivity index (χ3v) is 4.72. The first-order chi connectivity index (χ1) is 12.6. The van der Waals surface area contributed by atoms with Gasteiger partial charge in [-0.05, 0) is 45.4 Å². The number of guanidine groups is 1. The summed E-state index contributed by atoms with van der Waals surface area (Å²) in [6.45, 7) is 13.4. The summed E-state index contributed by atoms with van der Waals surface area (Å²) >= 11 is 0. The van der Waals surface area contributed by atoms with E-state index in [0.29, 0.717) is 18.2 Å². The van der Waals surface area contributed by atoms with Gasteiger partial charge >= 0.3 is 0 Å². The van der Waals surface area contributed by atoms with Crippen molar-refractivity contribution < 1.29 is 9.53 Å². The van der Waals surface area contributed by atoms with E-state index in [1.807, 2.05) is 11.8 Å². The topological polar surface area (TPSA) is 66.0 Å². The Hall–Kier alpha value is -1.30. The van der Waals surface area contributed by atoms with Crippen molar-refractivity contribution in [1.82, 2.24) is 15.5 Å². The van der Waals surface area contributed by atoms with Crippen LogP contribution >= 0.6 is 0 Å². The van der Waals surface area contributed by atoms with Gasteiger partial charge in [0.2, 0.25) is 5.91 Å². The SMILES string of the molecule is CCNC(=NCCCN1CCCCCC1=O)NCCC(OCC)C(C)C. The summed E-state index contributed by atoms with van der Waals surface area (Å²) in [5, 5.41) is 6.69. The first-order valence-electron chi connectivity index (χ1n) is 10.5. The lowest BCUT2D eigenvalue weighted by Gasteiger charge is -2.22. The van der Waals surface area contributed by atoms with Gasteiger partial charge in [-0.3, -0.25) is 9.79 Å². The fraction of sp³-hybridized carbons (Fsp3) is 0.900. The van der Waals surface area contributed by atoms with E-state index < -0.39 is 0 Å². The molecule has 6 nitrogen and oxygen atoms in total. The molecule has 0 spiro atoms. The predicted octanol–water partition coefficient (Wildman–Crippen LogP) is 2.79. The van der Waals surface area contributed by atoms with Gasteiger partial charge in [0.1, 0.15) is 0 Å². The van der Waals surface area contributed by atoms with E-state index in [4.69, 9.17) is 4.74 Å². The van der Waals surface area contributed by atoms with Crippen molar-refractivity contribution in [2.45, 2.75) is 72.3 Å². The molecule has 0 aromatic rings. The summed E-state index contributed by atoms with van der Waals surface area (Å²) in [6, 6.07) is 0. The Morgan fingerprint density at radius 1 is 1.23 bits per heavy atom. The van der Waals surface area contributed by atoms with Crippen LogP contribution in [0.5, 0.6) is 0 Å². The molecule has 0 saturated carbocycles. The maximum atomic E-state index is 12.0. The molecule has 1 aliphatic rings. The number of ether oxygens (including phenoxy) is 1. The van der Waals surface area contributed by atoms with Gasteiger partial charge < -0.3 is 20.3 Å². The molecule has 0 radical (unpaired) electrons. The van der Waals surface area contributed by atoms with Crippen LogP contribution in [-0.2, 0) is 9.53 Å². The van der Waals surface area contributed by atoms with Gasteiger partial charge in [0, 0.05) is 45.8 Å². The number of hydrogen-bond acceptors (Lipinski definition) is 3. The number of rotatable bonds is 11. The number of nitrogens with zero attached hydrogens (tertiary/aromatic N) is 2. The van der Waals surface area contributed by atoms with Crippen LogP contribution in [-0.4, -0.2) is 62.2 Å². The maximum Gasteiger partial charge on any atom is 0.222 e. The smallest absolute Gasteiger partial charge is 0.222 e. The number of amides is 1.